The first-order valence-corrected chi connectivity index (χ1v) is 12.6. The third-order valence-corrected chi connectivity index (χ3v) is 6.57. The van der Waals surface area contributed by atoms with Gasteiger partial charge in [-0.05, 0) is 63.4 Å². The van der Waals surface area contributed by atoms with Gasteiger partial charge in [0.05, 0.1) is 34.0 Å². The molecule has 3 rings (SSSR count). The highest BCUT2D eigenvalue weighted by Crippen LogP contribution is 2.42. The molecule has 2 aromatic carbocycles. The number of carbonyl (C=O) groups is 1. The minimum absolute atomic E-state index is 0.162. The molecule has 7 nitrogen and oxygen atoms in total. The molecule has 1 aliphatic rings. The number of rotatable bonds is 12. The summed E-state index contributed by atoms with van der Waals surface area (Å²) in [5, 5.41) is 3.20. The lowest BCUT2D eigenvalue weighted by atomic mass is 9.69. The van der Waals surface area contributed by atoms with Crippen LogP contribution in [0.25, 0.3) is 0 Å². The van der Waals surface area contributed by atoms with E-state index in [1.165, 1.54) is 6.42 Å². The zero-order valence-electron chi connectivity index (χ0n) is 21.7. The van der Waals surface area contributed by atoms with Crippen LogP contribution >= 0.6 is 0 Å². The van der Waals surface area contributed by atoms with Gasteiger partial charge in [0.2, 0.25) is 5.75 Å². The summed E-state index contributed by atoms with van der Waals surface area (Å²) in [6.07, 6.45) is 5.45. The van der Waals surface area contributed by atoms with E-state index < -0.39 is 0 Å². The molecule has 0 atom stereocenters. The van der Waals surface area contributed by atoms with E-state index in [9.17, 15) is 4.79 Å². The lowest BCUT2D eigenvalue weighted by molar-refractivity contribution is 0.0935. The fraction of sp³-hybridized carbons (Fsp3) is 0.536. The first kappa shape index (κ1) is 26.5. The van der Waals surface area contributed by atoms with Crippen molar-refractivity contribution in [3.8, 4) is 28.7 Å². The van der Waals surface area contributed by atoms with Gasteiger partial charge in [0.15, 0.2) is 23.0 Å². The lowest BCUT2D eigenvalue weighted by Crippen LogP contribution is -2.42. The Balaban J connectivity index is 1.89. The van der Waals surface area contributed by atoms with Gasteiger partial charge < -0.3 is 29.0 Å². The third-order valence-electron chi connectivity index (χ3n) is 6.57. The molecule has 192 valence electrons. The molecule has 35 heavy (non-hydrogen) atoms. The summed E-state index contributed by atoms with van der Waals surface area (Å²) in [6, 6.07) is 9.55. The fourth-order valence-electron chi connectivity index (χ4n) is 4.83. The quantitative estimate of drug-likeness (QED) is 0.426. The topological polar surface area (TPSA) is 75.3 Å². The molecule has 1 aliphatic carbocycles. The monoisotopic (exact) mass is 485 g/mol. The van der Waals surface area contributed by atoms with Crippen molar-refractivity contribution in [2.24, 2.45) is 0 Å². The molecule has 0 bridgehead atoms. The molecular weight excluding hydrogens is 446 g/mol. The van der Waals surface area contributed by atoms with Crippen LogP contribution in [-0.2, 0) is 5.41 Å². The molecule has 1 N–H and O–H groups in total. The van der Waals surface area contributed by atoms with Crippen LogP contribution in [0.2, 0.25) is 0 Å². The van der Waals surface area contributed by atoms with Gasteiger partial charge in [-0.15, -0.1) is 0 Å². The summed E-state index contributed by atoms with van der Waals surface area (Å²) >= 11 is 0. The molecule has 7 heteroatoms. The molecule has 1 saturated carbocycles. The average molecular weight is 486 g/mol. The maximum atomic E-state index is 13.4. The van der Waals surface area contributed by atoms with E-state index in [1.807, 2.05) is 32.9 Å². The molecule has 1 amide bonds. The van der Waals surface area contributed by atoms with Crippen molar-refractivity contribution >= 4 is 5.91 Å². The Bertz CT molecular complexity index is 956. The number of hydrogen-bond acceptors (Lipinski definition) is 6. The maximum Gasteiger partial charge on any atom is 0.251 e. The van der Waals surface area contributed by atoms with Crippen LogP contribution in [0, 0.1) is 0 Å². The van der Waals surface area contributed by atoms with Gasteiger partial charge in [-0.2, -0.15) is 0 Å². The van der Waals surface area contributed by atoms with E-state index in [1.54, 1.807) is 26.4 Å². The summed E-state index contributed by atoms with van der Waals surface area (Å²) in [5.74, 6) is 2.79. The van der Waals surface area contributed by atoms with E-state index in [4.69, 9.17) is 23.7 Å². The van der Waals surface area contributed by atoms with Gasteiger partial charge in [0, 0.05) is 17.5 Å². The zero-order valence-corrected chi connectivity index (χ0v) is 21.7. The Labute approximate surface area is 209 Å². The summed E-state index contributed by atoms with van der Waals surface area (Å²) in [4.78, 5) is 13.4. The van der Waals surface area contributed by atoms with Crippen molar-refractivity contribution in [1.29, 1.82) is 0 Å². The van der Waals surface area contributed by atoms with Crippen molar-refractivity contribution in [3.63, 3.8) is 0 Å². The zero-order chi connectivity index (χ0) is 25.3. The Kier molecular flexibility index (Phi) is 9.52. The third kappa shape index (κ3) is 6.13. The molecule has 2 aromatic rings. The second-order valence-corrected chi connectivity index (χ2v) is 8.69. The van der Waals surface area contributed by atoms with Crippen LogP contribution < -0.4 is 29.0 Å². The SMILES string of the molecule is CCOc1cc(C(=O)NCC2(c3ccc(OC)c(OC)c3)CCCCC2)cc(OCC)c1OCC. The predicted molar refractivity (Wildman–Crippen MR) is 137 cm³/mol. The highest BCUT2D eigenvalue weighted by atomic mass is 16.5. The van der Waals surface area contributed by atoms with Crippen LogP contribution in [0.5, 0.6) is 28.7 Å². The molecule has 0 radical (unpaired) electrons. The number of amides is 1. The second kappa shape index (κ2) is 12.6. The number of nitrogens with one attached hydrogen (secondary N) is 1. The molecule has 0 saturated heterocycles. The van der Waals surface area contributed by atoms with Crippen molar-refractivity contribution in [1.82, 2.24) is 5.32 Å². The van der Waals surface area contributed by atoms with Gasteiger partial charge in [0.25, 0.3) is 5.91 Å². The first-order chi connectivity index (χ1) is 17.0. The second-order valence-electron chi connectivity index (χ2n) is 8.69. The standard InChI is InChI=1S/C28H39NO6/c1-6-33-24-16-20(17-25(34-7-2)26(24)35-8-3)27(30)29-19-28(14-10-9-11-15-28)21-12-13-22(31-4)23(18-21)32-5/h12-13,16-18H,6-11,14-15,19H2,1-5H3,(H,29,30). The molecule has 0 heterocycles. The van der Waals surface area contributed by atoms with Crippen LogP contribution in [-0.4, -0.2) is 46.5 Å². The van der Waals surface area contributed by atoms with Crippen LogP contribution in [0.15, 0.2) is 30.3 Å². The largest absolute Gasteiger partial charge is 0.493 e. The van der Waals surface area contributed by atoms with E-state index in [0.29, 0.717) is 60.7 Å². The molecule has 0 spiro atoms. The summed E-state index contributed by atoms with van der Waals surface area (Å²) in [5.41, 5.74) is 1.48. The molecule has 0 aromatic heterocycles. The number of benzene rings is 2. The van der Waals surface area contributed by atoms with E-state index in [2.05, 4.69) is 11.4 Å². The fourth-order valence-corrected chi connectivity index (χ4v) is 4.83. The summed E-state index contributed by atoms with van der Waals surface area (Å²) in [6.45, 7) is 7.63. The van der Waals surface area contributed by atoms with Crippen LogP contribution in [0.4, 0.5) is 0 Å². The highest BCUT2D eigenvalue weighted by Gasteiger charge is 2.35. The normalized spacial score (nSPS) is 14.7. The van der Waals surface area contributed by atoms with Gasteiger partial charge in [-0.1, -0.05) is 25.3 Å². The van der Waals surface area contributed by atoms with E-state index in [0.717, 1.165) is 31.2 Å². The Morgan fingerprint density at radius 3 is 1.94 bits per heavy atom. The molecular formula is C28H39NO6. The average Bonchev–Trinajstić information content (AvgIpc) is 2.89. The minimum Gasteiger partial charge on any atom is -0.493 e. The minimum atomic E-state index is -0.166. The Morgan fingerprint density at radius 1 is 0.800 bits per heavy atom. The Morgan fingerprint density at radius 2 is 1.40 bits per heavy atom. The lowest BCUT2D eigenvalue weighted by Gasteiger charge is -2.38. The Hall–Kier alpha value is -3.09. The van der Waals surface area contributed by atoms with Crippen LogP contribution in [0.1, 0.15) is 68.8 Å². The van der Waals surface area contributed by atoms with Crippen molar-refractivity contribution in [2.45, 2.75) is 58.3 Å². The highest BCUT2D eigenvalue weighted by molar-refractivity contribution is 5.95. The molecule has 1 fully saturated rings. The smallest absolute Gasteiger partial charge is 0.251 e. The van der Waals surface area contributed by atoms with Gasteiger partial charge in [0.1, 0.15) is 0 Å². The van der Waals surface area contributed by atoms with E-state index in [-0.39, 0.29) is 11.3 Å². The number of ether oxygens (including phenoxy) is 5. The maximum absolute atomic E-state index is 13.4. The number of methoxy groups -OCH3 is 2. The van der Waals surface area contributed by atoms with E-state index >= 15 is 0 Å². The van der Waals surface area contributed by atoms with Gasteiger partial charge >= 0.3 is 0 Å². The number of hydrogen-bond donors (Lipinski definition) is 1. The first-order valence-electron chi connectivity index (χ1n) is 12.6. The van der Waals surface area contributed by atoms with Gasteiger partial charge in [-0.25, -0.2) is 0 Å². The molecule has 0 unspecified atom stereocenters. The summed E-state index contributed by atoms with van der Waals surface area (Å²) in [7, 11) is 3.28. The van der Waals surface area contributed by atoms with Crippen LogP contribution in [0.3, 0.4) is 0 Å². The van der Waals surface area contributed by atoms with Crippen molar-refractivity contribution < 1.29 is 28.5 Å². The predicted octanol–water partition coefficient (Wildman–Crippen LogP) is 5.53. The van der Waals surface area contributed by atoms with Crippen molar-refractivity contribution in [3.05, 3.63) is 41.5 Å². The van der Waals surface area contributed by atoms with Crippen molar-refractivity contribution in [2.75, 3.05) is 40.6 Å². The molecule has 0 aliphatic heterocycles. The van der Waals surface area contributed by atoms with Gasteiger partial charge in [-0.3, -0.25) is 4.79 Å². The summed E-state index contributed by atoms with van der Waals surface area (Å²) < 4.78 is 28.3. The number of carbonyl (C=O) groups excluding carboxylic acids is 1.